The van der Waals surface area contributed by atoms with Crippen LogP contribution in [0.4, 0.5) is 13.2 Å². The lowest BCUT2D eigenvalue weighted by molar-refractivity contribution is -0.140. The number of alkyl halides is 3. The number of rotatable bonds is 7. The maximum atomic E-state index is 13.5. The molecule has 0 aliphatic carbocycles. The first-order valence-electron chi connectivity index (χ1n) is 12.0. The summed E-state index contributed by atoms with van der Waals surface area (Å²) < 4.78 is 60.6. The number of pyridine rings is 1. The Labute approximate surface area is 209 Å². The largest absolute Gasteiger partial charge is 0.494 e. The summed E-state index contributed by atoms with van der Waals surface area (Å²) in [5.41, 5.74) is -0.990. The van der Waals surface area contributed by atoms with E-state index in [1.807, 2.05) is 27.7 Å². The summed E-state index contributed by atoms with van der Waals surface area (Å²) in [5, 5.41) is 5.05. The van der Waals surface area contributed by atoms with Crippen LogP contribution in [0.1, 0.15) is 27.7 Å². The molecular weight excluding hydrogens is 490 g/mol. The fraction of sp³-hybridized carbons (Fsp3) is 0.583. The van der Waals surface area contributed by atoms with Gasteiger partial charge in [-0.15, -0.1) is 0 Å². The van der Waals surface area contributed by atoms with Crippen LogP contribution >= 0.6 is 0 Å². The number of aromatic nitrogens is 3. The molecule has 7 nitrogen and oxygen atoms in total. The number of halogens is 3. The Morgan fingerprint density at radius 3 is 2.31 bits per heavy atom. The van der Waals surface area contributed by atoms with Crippen LogP contribution in [0.25, 0.3) is 21.8 Å². The highest BCUT2D eigenvalue weighted by molar-refractivity contribution is 6.76. The predicted molar refractivity (Wildman–Crippen MR) is 137 cm³/mol. The maximum Gasteiger partial charge on any atom is 0.494 e. The average Bonchev–Trinajstić information content (AvgIpc) is 3.25. The molecule has 1 saturated heterocycles. The number of ether oxygens (including phenoxy) is 1. The quantitative estimate of drug-likeness (QED) is 0.337. The second kappa shape index (κ2) is 9.00. The van der Waals surface area contributed by atoms with E-state index in [0.717, 1.165) is 10.6 Å². The van der Waals surface area contributed by atoms with Gasteiger partial charge in [0.2, 0.25) is 0 Å². The Hall–Kier alpha value is -2.15. The molecule has 0 atom stereocenters. The van der Waals surface area contributed by atoms with Crippen molar-refractivity contribution in [1.82, 2.24) is 14.3 Å². The monoisotopic (exact) mass is 523 g/mol. The van der Waals surface area contributed by atoms with E-state index >= 15 is 0 Å². The van der Waals surface area contributed by atoms with Crippen molar-refractivity contribution in [3.8, 4) is 0 Å². The topological polar surface area (TPSA) is 67.5 Å². The molecule has 0 bridgehead atoms. The smallest absolute Gasteiger partial charge is 0.399 e. The van der Waals surface area contributed by atoms with Crippen molar-refractivity contribution in [2.45, 2.75) is 84.0 Å². The maximum absolute atomic E-state index is 13.5. The Kier molecular flexibility index (Phi) is 6.73. The number of hydrogen-bond acceptors (Lipinski definition) is 5. The first-order valence-corrected chi connectivity index (χ1v) is 15.7. The van der Waals surface area contributed by atoms with Crippen LogP contribution in [0.3, 0.4) is 0 Å². The summed E-state index contributed by atoms with van der Waals surface area (Å²) in [6, 6.07) is 5.92. The molecule has 1 aromatic carbocycles. The van der Waals surface area contributed by atoms with Crippen molar-refractivity contribution in [2.24, 2.45) is 0 Å². The molecule has 12 heteroatoms. The molecular formula is C24H33BF3N3O4Si. The van der Waals surface area contributed by atoms with Gasteiger partial charge in [-0.1, -0.05) is 31.8 Å². The number of fused-ring (bicyclic) bond motifs is 3. The SMILES string of the molecule is CC1(C)OB(c2ccc3c4nn(COCC[Si](C)(C)C)cc4c(=O)n(CC(F)(F)F)c3c2)OC1(C)C. The van der Waals surface area contributed by atoms with Crippen molar-refractivity contribution in [3.05, 3.63) is 34.7 Å². The third kappa shape index (κ3) is 5.41. The molecule has 0 amide bonds. The summed E-state index contributed by atoms with van der Waals surface area (Å²) in [7, 11) is -2.05. The van der Waals surface area contributed by atoms with Gasteiger partial charge in [-0.25, -0.2) is 4.68 Å². The van der Waals surface area contributed by atoms with Crippen LogP contribution in [0.2, 0.25) is 25.7 Å². The van der Waals surface area contributed by atoms with Crippen molar-refractivity contribution in [3.63, 3.8) is 0 Å². The standard InChI is InChI=1S/C24H33BF3N3O4Si/c1-22(2)23(3,4)35-25(34-22)16-8-9-17-19(12-16)31(14-24(26,27)28)21(32)18-13-30(29-20(17)18)15-33-10-11-36(5,6)7/h8-9,12-13H,10-11,14-15H2,1-7H3. The van der Waals surface area contributed by atoms with E-state index in [0.29, 0.717) is 23.0 Å². The van der Waals surface area contributed by atoms with Crippen LogP contribution in [-0.2, 0) is 27.3 Å². The van der Waals surface area contributed by atoms with Crippen molar-refractivity contribution >= 4 is 42.5 Å². The molecule has 0 N–H and O–H groups in total. The molecule has 2 aromatic heterocycles. The summed E-state index contributed by atoms with van der Waals surface area (Å²) in [6.45, 7) is 13.6. The van der Waals surface area contributed by atoms with Crippen molar-refractivity contribution in [1.29, 1.82) is 0 Å². The second-order valence-electron chi connectivity index (χ2n) is 11.7. The van der Waals surface area contributed by atoms with Crippen LogP contribution in [0.15, 0.2) is 29.2 Å². The third-order valence-corrected chi connectivity index (χ3v) is 8.59. The summed E-state index contributed by atoms with van der Waals surface area (Å²) in [6.07, 6.45) is -3.12. The lowest BCUT2D eigenvalue weighted by atomic mass is 9.78. The fourth-order valence-electron chi connectivity index (χ4n) is 4.07. The molecule has 0 spiro atoms. The minimum Gasteiger partial charge on any atom is -0.399 e. The molecule has 1 aliphatic rings. The van der Waals surface area contributed by atoms with E-state index in [2.05, 4.69) is 24.7 Å². The van der Waals surface area contributed by atoms with Gasteiger partial charge in [-0.3, -0.25) is 9.36 Å². The van der Waals surface area contributed by atoms with Crippen molar-refractivity contribution < 1.29 is 27.2 Å². The zero-order valence-corrected chi connectivity index (χ0v) is 22.8. The zero-order chi connectivity index (χ0) is 26.7. The predicted octanol–water partition coefficient (Wildman–Crippen LogP) is 4.53. The van der Waals surface area contributed by atoms with E-state index in [4.69, 9.17) is 14.0 Å². The van der Waals surface area contributed by atoms with Gasteiger partial charge >= 0.3 is 13.3 Å². The highest BCUT2D eigenvalue weighted by Gasteiger charge is 2.51. The fourth-order valence-corrected chi connectivity index (χ4v) is 4.83. The van der Waals surface area contributed by atoms with Crippen LogP contribution < -0.4 is 11.0 Å². The summed E-state index contributed by atoms with van der Waals surface area (Å²) >= 11 is 0. The van der Waals surface area contributed by atoms with E-state index in [9.17, 15) is 18.0 Å². The Morgan fingerprint density at radius 1 is 1.08 bits per heavy atom. The van der Waals surface area contributed by atoms with Gasteiger partial charge in [0.05, 0.1) is 22.1 Å². The van der Waals surface area contributed by atoms with Gasteiger partial charge in [0.1, 0.15) is 18.8 Å². The molecule has 0 radical (unpaired) electrons. The molecule has 196 valence electrons. The van der Waals surface area contributed by atoms with E-state index in [1.54, 1.807) is 12.1 Å². The third-order valence-electron chi connectivity index (χ3n) is 6.89. The second-order valence-corrected chi connectivity index (χ2v) is 17.3. The van der Waals surface area contributed by atoms with Gasteiger partial charge in [-0.05, 0) is 45.3 Å². The van der Waals surface area contributed by atoms with E-state index < -0.39 is 44.7 Å². The molecule has 0 unspecified atom stereocenters. The van der Waals surface area contributed by atoms with E-state index in [1.165, 1.54) is 16.9 Å². The normalized spacial score (nSPS) is 18.0. The molecule has 3 aromatic rings. The summed E-state index contributed by atoms with van der Waals surface area (Å²) in [4.78, 5) is 13.2. The number of hydrogen-bond donors (Lipinski definition) is 0. The minimum atomic E-state index is -4.58. The molecule has 4 rings (SSSR count). The highest BCUT2D eigenvalue weighted by Crippen LogP contribution is 2.37. The minimum absolute atomic E-state index is 0.115. The van der Waals surface area contributed by atoms with Gasteiger partial charge in [0.15, 0.2) is 0 Å². The number of nitrogens with zero attached hydrogens (tertiary/aromatic N) is 3. The molecule has 36 heavy (non-hydrogen) atoms. The Balaban J connectivity index is 1.77. The lowest BCUT2D eigenvalue weighted by Gasteiger charge is -2.32. The number of benzene rings is 1. The van der Waals surface area contributed by atoms with Gasteiger partial charge in [-0.2, -0.15) is 18.3 Å². The van der Waals surface area contributed by atoms with Gasteiger partial charge in [0, 0.05) is 26.3 Å². The first kappa shape index (κ1) is 26.9. The highest BCUT2D eigenvalue weighted by atomic mass is 28.3. The molecule has 1 aliphatic heterocycles. The van der Waals surface area contributed by atoms with Gasteiger partial charge in [0.25, 0.3) is 5.56 Å². The Bertz CT molecular complexity index is 1330. The lowest BCUT2D eigenvalue weighted by Crippen LogP contribution is -2.41. The van der Waals surface area contributed by atoms with Crippen LogP contribution in [0, 0.1) is 0 Å². The zero-order valence-electron chi connectivity index (χ0n) is 21.8. The molecule has 0 saturated carbocycles. The summed E-state index contributed by atoms with van der Waals surface area (Å²) in [5.74, 6) is 0. The molecule has 1 fully saturated rings. The van der Waals surface area contributed by atoms with Crippen molar-refractivity contribution in [2.75, 3.05) is 6.61 Å². The van der Waals surface area contributed by atoms with Crippen LogP contribution in [-0.4, -0.2) is 53.5 Å². The molecule has 3 heterocycles. The Morgan fingerprint density at radius 2 is 1.72 bits per heavy atom. The van der Waals surface area contributed by atoms with E-state index in [-0.39, 0.29) is 17.6 Å². The van der Waals surface area contributed by atoms with Gasteiger partial charge < -0.3 is 14.0 Å². The first-order chi connectivity index (χ1) is 16.5. The van der Waals surface area contributed by atoms with Crippen LogP contribution in [0.5, 0.6) is 0 Å². The average molecular weight is 523 g/mol.